The summed E-state index contributed by atoms with van der Waals surface area (Å²) in [6.45, 7) is 4.84. The quantitative estimate of drug-likeness (QED) is 0.771. The number of nitrogens with zero attached hydrogens (tertiary/aromatic N) is 3. The van der Waals surface area contributed by atoms with E-state index in [1.165, 1.54) is 0 Å². The smallest absolute Gasteiger partial charge is 0.149 e. The lowest BCUT2D eigenvalue weighted by Crippen LogP contribution is -2.40. The highest BCUT2D eigenvalue weighted by Gasteiger charge is 2.68. The molecule has 30 heavy (non-hydrogen) atoms. The molecule has 3 heterocycles. The summed E-state index contributed by atoms with van der Waals surface area (Å²) in [4.78, 5) is 6.51. The van der Waals surface area contributed by atoms with E-state index in [0.29, 0.717) is 6.61 Å². The highest BCUT2D eigenvalue weighted by molar-refractivity contribution is 5.50. The predicted octanol–water partition coefficient (Wildman–Crippen LogP) is 3.32. The first kappa shape index (κ1) is 19.8. The van der Waals surface area contributed by atoms with Crippen molar-refractivity contribution >= 4 is 11.4 Å². The Bertz CT molecular complexity index is 913. The van der Waals surface area contributed by atoms with E-state index in [1.807, 2.05) is 0 Å². The Morgan fingerprint density at radius 1 is 0.800 bits per heavy atom. The van der Waals surface area contributed by atoms with Crippen LogP contribution in [-0.4, -0.2) is 58.4 Å². The third-order valence-electron chi connectivity index (χ3n) is 6.82. The van der Waals surface area contributed by atoms with Crippen LogP contribution in [0.3, 0.4) is 0 Å². The minimum Gasteiger partial charge on any atom is -0.378 e. The summed E-state index contributed by atoms with van der Waals surface area (Å²) in [5, 5.41) is 0. The van der Waals surface area contributed by atoms with E-state index < -0.39 is 11.2 Å². The number of anilines is 2. The molecule has 0 unspecified atom stereocenters. The van der Waals surface area contributed by atoms with Gasteiger partial charge in [-0.05, 0) is 49.2 Å². The summed E-state index contributed by atoms with van der Waals surface area (Å²) in [7, 11) is 8.22. The lowest BCUT2D eigenvalue weighted by molar-refractivity contribution is -0.138. The molecular weight excluding hydrogens is 378 g/mol. The molecule has 3 fully saturated rings. The molecule has 5 atom stereocenters. The maximum absolute atomic E-state index is 6.84. The highest BCUT2D eigenvalue weighted by atomic mass is 16.7. The summed E-state index contributed by atoms with van der Waals surface area (Å²) in [6, 6.07) is 17.1. The van der Waals surface area contributed by atoms with Crippen molar-refractivity contribution in [2.24, 2.45) is 0 Å². The van der Waals surface area contributed by atoms with Crippen molar-refractivity contribution in [2.45, 2.75) is 43.7 Å². The molecule has 5 rings (SSSR count). The summed E-state index contributed by atoms with van der Waals surface area (Å²) < 4.78 is 19.6. The van der Waals surface area contributed by atoms with E-state index in [1.54, 1.807) is 0 Å². The number of benzene rings is 2. The molecule has 0 saturated carbocycles. The SMILES string of the molecule is CN(C)c1cccc([C@]2(C)O[C@H]3CO[C@@H]4N3[C@H]2O[C@@]4(C)c2cccc(N(C)C)c2)c1. The first-order valence-electron chi connectivity index (χ1n) is 10.5. The van der Waals surface area contributed by atoms with Crippen LogP contribution in [0.25, 0.3) is 0 Å². The minimum absolute atomic E-state index is 0.105. The average molecular weight is 410 g/mol. The molecule has 0 bridgehead atoms. The molecule has 0 aromatic heterocycles. The van der Waals surface area contributed by atoms with Crippen LogP contribution in [0.15, 0.2) is 48.5 Å². The molecule has 0 amide bonds. The monoisotopic (exact) mass is 409 g/mol. The lowest BCUT2D eigenvalue weighted by atomic mass is 9.93. The maximum atomic E-state index is 6.84. The third-order valence-corrected chi connectivity index (χ3v) is 6.82. The van der Waals surface area contributed by atoms with Crippen molar-refractivity contribution < 1.29 is 14.2 Å². The van der Waals surface area contributed by atoms with E-state index in [9.17, 15) is 0 Å². The van der Waals surface area contributed by atoms with Crippen molar-refractivity contribution in [3.8, 4) is 0 Å². The first-order valence-corrected chi connectivity index (χ1v) is 10.5. The maximum Gasteiger partial charge on any atom is 0.149 e. The van der Waals surface area contributed by atoms with E-state index in [4.69, 9.17) is 14.2 Å². The van der Waals surface area contributed by atoms with Gasteiger partial charge in [0.2, 0.25) is 0 Å². The minimum atomic E-state index is -0.574. The molecule has 0 aliphatic carbocycles. The van der Waals surface area contributed by atoms with E-state index in [-0.39, 0.29) is 18.7 Å². The van der Waals surface area contributed by atoms with Crippen LogP contribution in [0.4, 0.5) is 11.4 Å². The van der Waals surface area contributed by atoms with Crippen molar-refractivity contribution in [2.75, 3.05) is 44.6 Å². The fourth-order valence-corrected chi connectivity index (χ4v) is 5.00. The Hall–Kier alpha value is -2.12. The molecule has 6 nitrogen and oxygen atoms in total. The second-order valence-electron chi connectivity index (χ2n) is 9.28. The molecule has 2 aromatic rings. The topological polar surface area (TPSA) is 37.4 Å². The summed E-state index contributed by atoms with van der Waals surface area (Å²) in [5.74, 6) is 0. The predicted molar refractivity (Wildman–Crippen MR) is 118 cm³/mol. The number of hydrogen-bond acceptors (Lipinski definition) is 6. The van der Waals surface area contributed by atoms with Gasteiger partial charge < -0.3 is 24.0 Å². The third kappa shape index (κ3) is 2.71. The fourth-order valence-electron chi connectivity index (χ4n) is 5.00. The van der Waals surface area contributed by atoms with Crippen LogP contribution >= 0.6 is 0 Å². The van der Waals surface area contributed by atoms with Crippen LogP contribution in [0.1, 0.15) is 25.0 Å². The van der Waals surface area contributed by atoms with E-state index in [0.717, 1.165) is 22.5 Å². The van der Waals surface area contributed by atoms with Crippen LogP contribution in [0.5, 0.6) is 0 Å². The van der Waals surface area contributed by atoms with Gasteiger partial charge in [-0.25, -0.2) is 4.90 Å². The molecule has 6 heteroatoms. The van der Waals surface area contributed by atoms with E-state index >= 15 is 0 Å². The normalized spacial score (nSPS) is 34.9. The molecule has 0 radical (unpaired) electrons. The molecule has 3 aliphatic heterocycles. The second kappa shape index (κ2) is 6.69. The highest BCUT2D eigenvalue weighted by Crippen LogP contribution is 2.56. The van der Waals surface area contributed by atoms with Gasteiger partial charge in [0, 0.05) is 39.6 Å². The van der Waals surface area contributed by atoms with Crippen LogP contribution in [0, 0.1) is 0 Å². The standard InChI is InChI=1S/C24H31N3O3/c1-23(16-9-7-11-18(13-16)25(3)4)21-27-20(15-28-21)29-24(2,22(27)30-23)17-10-8-12-19(14-17)26(5)6/h7-14,20-22H,15H2,1-6H3/t20-,21-,22-,23-,24-/m0/s1. The van der Waals surface area contributed by atoms with Gasteiger partial charge in [-0.3, -0.25) is 0 Å². The van der Waals surface area contributed by atoms with Gasteiger partial charge >= 0.3 is 0 Å². The largest absolute Gasteiger partial charge is 0.378 e. The van der Waals surface area contributed by atoms with Crippen molar-refractivity contribution in [1.29, 1.82) is 0 Å². The summed E-state index contributed by atoms with van der Waals surface area (Å²) in [5.41, 5.74) is 3.40. The molecule has 3 saturated heterocycles. The van der Waals surface area contributed by atoms with Crippen molar-refractivity contribution in [1.82, 2.24) is 4.90 Å². The molecule has 3 aliphatic rings. The van der Waals surface area contributed by atoms with E-state index in [2.05, 4.69) is 105 Å². The molecule has 0 spiro atoms. The zero-order chi connectivity index (χ0) is 21.3. The van der Waals surface area contributed by atoms with Gasteiger partial charge in [-0.1, -0.05) is 24.3 Å². The van der Waals surface area contributed by atoms with Crippen molar-refractivity contribution in [3.05, 3.63) is 59.7 Å². The van der Waals surface area contributed by atoms with Crippen LogP contribution < -0.4 is 9.80 Å². The Kier molecular flexibility index (Phi) is 4.42. The van der Waals surface area contributed by atoms with Gasteiger partial charge in [0.05, 0.1) is 6.61 Å². The van der Waals surface area contributed by atoms with Crippen molar-refractivity contribution in [3.63, 3.8) is 0 Å². The Balaban J connectivity index is 1.55. The number of rotatable bonds is 4. The summed E-state index contributed by atoms with van der Waals surface area (Å²) in [6.07, 6.45) is -0.504. The first-order chi connectivity index (χ1) is 14.2. The van der Waals surface area contributed by atoms with Gasteiger partial charge in [-0.2, -0.15) is 0 Å². The van der Waals surface area contributed by atoms with Gasteiger partial charge in [0.1, 0.15) is 29.9 Å². The zero-order valence-electron chi connectivity index (χ0n) is 18.6. The van der Waals surface area contributed by atoms with Crippen LogP contribution in [-0.2, 0) is 25.4 Å². The number of ether oxygens (including phenoxy) is 3. The van der Waals surface area contributed by atoms with Crippen LogP contribution in [0.2, 0.25) is 0 Å². The fraction of sp³-hybridized carbons (Fsp3) is 0.500. The number of hydrogen-bond donors (Lipinski definition) is 0. The Morgan fingerprint density at radius 2 is 1.33 bits per heavy atom. The van der Waals surface area contributed by atoms with Gasteiger partial charge in [-0.15, -0.1) is 0 Å². The lowest BCUT2D eigenvalue weighted by Gasteiger charge is -2.33. The molecular formula is C24H31N3O3. The molecule has 0 N–H and O–H groups in total. The summed E-state index contributed by atoms with van der Waals surface area (Å²) >= 11 is 0. The molecule has 160 valence electrons. The molecule has 2 aromatic carbocycles. The second-order valence-corrected chi connectivity index (χ2v) is 9.28. The average Bonchev–Trinajstić information content (AvgIpc) is 3.37. The van der Waals surface area contributed by atoms with Gasteiger partial charge in [0.15, 0.2) is 0 Å². The Labute approximate surface area is 178 Å². The Morgan fingerprint density at radius 3 is 1.87 bits per heavy atom. The van der Waals surface area contributed by atoms with Gasteiger partial charge in [0.25, 0.3) is 0 Å². The zero-order valence-corrected chi connectivity index (χ0v) is 18.6.